The number of alkyl halides is 3. The number of aliphatic hydroxyl groups is 1. The highest BCUT2D eigenvalue weighted by Crippen LogP contribution is 2.30. The number of carbonyl (C=O) groups is 2. The van der Waals surface area contributed by atoms with Gasteiger partial charge in [0.2, 0.25) is 5.88 Å². The Morgan fingerprint density at radius 3 is 2.38 bits per heavy atom. The maximum absolute atomic E-state index is 12.6. The predicted octanol–water partition coefficient (Wildman–Crippen LogP) is 2.04. The number of aliphatic hydroxyl groups excluding tert-OH is 1. The Hall–Kier alpha value is -3.14. The summed E-state index contributed by atoms with van der Waals surface area (Å²) in [4.78, 5) is 28.4. The van der Waals surface area contributed by atoms with Crippen LogP contribution in [0.4, 0.5) is 13.2 Å². The van der Waals surface area contributed by atoms with Gasteiger partial charge in [-0.3, -0.25) is 4.79 Å². The first-order valence-corrected chi connectivity index (χ1v) is 8.38. The Morgan fingerprint density at radius 2 is 1.83 bits per heavy atom. The van der Waals surface area contributed by atoms with E-state index < -0.39 is 35.8 Å². The highest BCUT2D eigenvalue weighted by molar-refractivity contribution is 5.87. The lowest BCUT2D eigenvalue weighted by molar-refractivity contribution is -0.146. The number of benzene rings is 1. The fourth-order valence-corrected chi connectivity index (χ4v) is 2.58. The zero-order valence-electron chi connectivity index (χ0n) is 15.6. The van der Waals surface area contributed by atoms with Gasteiger partial charge in [-0.1, -0.05) is 18.2 Å². The first-order valence-electron chi connectivity index (χ1n) is 8.38. The van der Waals surface area contributed by atoms with Crippen LogP contribution in [-0.2, 0) is 26.9 Å². The van der Waals surface area contributed by atoms with E-state index in [-0.39, 0.29) is 17.9 Å². The maximum atomic E-state index is 12.6. The van der Waals surface area contributed by atoms with Crippen LogP contribution in [0.5, 0.6) is 5.88 Å². The van der Waals surface area contributed by atoms with Gasteiger partial charge in [0.05, 0.1) is 19.8 Å². The molecule has 156 valence electrons. The summed E-state index contributed by atoms with van der Waals surface area (Å²) >= 11 is 0. The van der Waals surface area contributed by atoms with Gasteiger partial charge in [-0.15, -0.1) is 0 Å². The van der Waals surface area contributed by atoms with E-state index in [0.29, 0.717) is 5.56 Å². The Labute approximate surface area is 164 Å². The first kappa shape index (κ1) is 22.2. The second kappa shape index (κ2) is 9.37. The fourth-order valence-electron chi connectivity index (χ4n) is 2.58. The number of halogens is 3. The van der Waals surface area contributed by atoms with Gasteiger partial charge >= 0.3 is 12.1 Å². The molecule has 0 aliphatic heterocycles. The lowest BCUT2D eigenvalue weighted by atomic mass is 10.0. The molecule has 2 N–H and O–H groups in total. The van der Waals surface area contributed by atoms with E-state index in [1.54, 1.807) is 12.1 Å². The third-order valence-electron chi connectivity index (χ3n) is 4.07. The van der Waals surface area contributed by atoms with E-state index in [4.69, 9.17) is 4.74 Å². The summed E-state index contributed by atoms with van der Waals surface area (Å²) in [5.41, 5.74) is -0.460. The largest absolute Gasteiger partial charge is 0.481 e. The molecule has 10 heteroatoms. The lowest BCUT2D eigenvalue weighted by Gasteiger charge is -2.20. The van der Waals surface area contributed by atoms with E-state index in [9.17, 15) is 27.9 Å². The molecule has 0 saturated carbocycles. The van der Waals surface area contributed by atoms with Crippen molar-refractivity contribution in [2.75, 3.05) is 14.2 Å². The van der Waals surface area contributed by atoms with Crippen LogP contribution in [0, 0.1) is 0 Å². The molecular weight excluding hydrogens is 393 g/mol. The fraction of sp³-hybridized carbons (Fsp3) is 0.316. The van der Waals surface area contributed by atoms with Crippen LogP contribution in [0.1, 0.15) is 22.8 Å². The van der Waals surface area contributed by atoms with E-state index in [0.717, 1.165) is 31.4 Å². The molecule has 0 fully saturated rings. The Morgan fingerprint density at radius 1 is 1.17 bits per heavy atom. The summed E-state index contributed by atoms with van der Waals surface area (Å²) in [5.74, 6) is -1.49. The monoisotopic (exact) mass is 412 g/mol. The van der Waals surface area contributed by atoms with Crippen molar-refractivity contribution >= 4 is 11.9 Å². The molecule has 1 amide bonds. The number of rotatable bonds is 7. The van der Waals surface area contributed by atoms with Crippen molar-refractivity contribution in [1.82, 2.24) is 10.3 Å². The number of ether oxygens (including phenoxy) is 2. The van der Waals surface area contributed by atoms with Gasteiger partial charge in [-0.2, -0.15) is 13.2 Å². The van der Waals surface area contributed by atoms with E-state index in [2.05, 4.69) is 15.0 Å². The molecule has 0 saturated heterocycles. The molecule has 1 heterocycles. The number of hydrogen-bond acceptors (Lipinski definition) is 6. The average Bonchev–Trinajstić information content (AvgIpc) is 2.71. The summed E-state index contributed by atoms with van der Waals surface area (Å²) in [6, 6.07) is 5.57. The van der Waals surface area contributed by atoms with Crippen molar-refractivity contribution in [2.45, 2.75) is 24.7 Å². The Bertz CT molecular complexity index is 856. The number of esters is 1. The van der Waals surface area contributed by atoms with Crippen LogP contribution in [0.2, 0.25) is 0 Å². The Kier molecular flexibility index (Phi) is 7.16. The number of carbonyl (C=O) groups excluding carboxylic acids is 2. The number of nitrogens with one attached hydrogen (secondary N) is 1. The molecule has 0 bridgehead atoms. The highest BCUT2D eigenvalue weighted by Gasteiger charge is 2.31. The number of methoxy groups -OCH3 is 2. The second-order valence-electron chi connectivity index (χ2n) is 5.98. The van der Waals surface area contributed by atoms with Crippen LogP contribution in [0.3, 0.4) is 0 Å². The van der Waals surface area contributed by atoms with Crippen LogP contribution >= 0.6 is 0 Å². The molecule has 0 radical (unpaired) electrons. The minimum atomic E-state index is -4.54. The van der Waals surface area contributed by atoms with Gasteiger partial charge in [0.15, 0.2) is 6.10 Å². The standard InChI is InChI=1S/C19H19F3N2O5/c1-28-17-12(4-3-9-23-17)10-14(18(27)29-2)24-16(26)15(25)11-5-7-13(8-6-11)19(20,21)22/h3-9,14-15,25H,10H2,1-2H3,(H,24,26)/t14-,15+/m1/s1. The lowest BCUT2D eigenvalue weighted by Crippen LogP contribution is -2.45. The molecule has 2 aromatic rings. The zero-order chi connectivity index (χ0) is 21.6. The van der Waals surface area contributed by atoms with Crippen molar-refractivity contribution < 1.29 is 37.3 Å². The average molecular weight is 412 g/mol. The minimum Gasteiger partial charge on any atom is -0.481 e. The predicted molar refractivity (Wildman–Crippen MR) is 94.8 cm³/mol. The summed E-state index contributed by atoms with van der Waals surface area (Å²) in [5, 5.41) is 12.5. The highest BCUT2D eigenvalue weighted by atomic mass is 19.4. The number of nitrogens with zero attached hydrogens (tertiary/aromatic N) is 1. The molecule has 2 atom stereocenters. The van der Waals surface area contributed by atoms with Gasteiger partial charge in [0.25, 0.3) is 5.91 Å². The van der Waals surface area contributed by atoms with Gasteiger partial charge < -0.3 is 19.9 Å². The van der Waals surface area contributed by atoms with Crippen LogP contribution in [0.25, 0.3) is 0 Å². The van der Waals surface area contributed by atoms with Crippen LogP contribution in [-0.4, -0.2) is 42.2 Å². The molecular formula is C19H19F3N2O5. The third-order valence-corrected chi connectivity index (χ3v) is 4.07. The maximum Gasteiger partial charge on any atom is 0.416 e. The number of pyridine rings is 1. The summed E-state index contributed by atoms with van der Waals surface area (Å²) in [6.07, 6.45) is -4.86. The number of aromatic nitrogens is 1. The number of hydrogen-bond donors (Lipinski definition) is 2. The van der Waals surface area contributed by atoms with Gasteiger partial charge in [0, 0.05) is 18.2 Å². The topological polar surface area (TPSA) is 97.8 Å². The summed E-state index contributed by atoms with van der Waals surface area (Å²) in [6.45, 7) is 0. The molecule has 2 rings (SSSR count). The molecule has 1 aromatic carbocycles. The molecule has 29 heavy (non-hydrogen) atoms. The summed E-state index contributed by atoms with van der Waals surface area (Å²) in [7, 11) is 2.53. The summed E-state index contributed by atoms with van der Waals surface area (Å²) < 4.78 is 47.7. The van der Waals surface area contributed by atoms with Crippen LogP contribution < -0.4 is 10.1 Å². The Balaban J connectivity index is 2.16. The van der Waals surface area contributed by atoms with Crippen LogP contribution in [0.15, 0.2) is 42.6 Å². The zero-order valence-corrected chi connectivity index (χ0v) is 15.6. The van der Waals surface area contributed by atoms with Crippen molar-refractivity contribution in [1.29, 1.82) is 0 Å². The van der Waals surface area contributed by atoms with E-state index in [1.165, 1.54) is 13.3 Å². The first-order chi connectivity index (χ1) is 13.7. The van der Waals surface area contributed by atoms with Gasteiger partial charge in [-0.05, 0) is 23.8 Å². The second-order valence-corrected chi connectivity index (χ2v) is 5.98. The van der Waals surface area contributed by atoms with E-state index >= 15 is 0 Å². The SMILES string of the molecule is COC(=O)[C@@H](Cc1cccnc1OC)NC(=O)[C@@H](O)c1ccc(C(F)(F)F)cc1. The quantitative estimate of drug-likeness (QED) is 0.676. The third kappa shape index (κ3) is 5.67. The van der Waals surface area contributed by atoms with Gasteiger partial charge in [-0.25, -0.2) is 9.78 Å². The molecule has 0 aliphatic carbocycles. The molecule has 0 aliphatic rings. The van der Waals surface area contributed by atoms with Crippen molar-refractivity contribution in [3.63, 3.8) is 0 Å². The molecule has 0 unspecified atom stereocenters. The minimum absolute atomic E-state index is 0.0326. The molecule has 0 spiro atoms. The van der Waals surface area contributed by atoms with Crippen molar-refractivity contribution in [2.24, 2.45) is 0 Å². The van der Waals surface area contributed by atoms with Gasteiger partial charge in [0.1, 0.15) is 6.04 Å². The van der Waals surface area contributed by atoms with E-state index in [1.807, 2.05) is 0 Å². The molecule has 1 aromatic heterocycles. The van der Waals surface area contributed by atoms with Crippen molar-refractivity contribution in [3.8, 4) is 5.88 Å². The molecule has 7 nitrogen and oxygen atoms in total. The normalized spacial score (nSPS) is 13.3. The number of amides is 1. The smallest absolute Gasteiger partial charge is 0.416 e. The van der Waals surface area contributed by atoms with Crippen molar-refractivity contribution in [3.05, 3.63) is 59.3 Å².